The third-order valence-electron chi connectivity index (χ3n) is 3.75. The monoisotopic (exact) mass is 228 g/mol. The van der Waals surface area contributed by atoms with Crippen molar-refractivity contribution in [3.63, 3.8) is 0 Å². The lowest BCUT2D eigenvalue weighted by Gasteiger charge is -2.35. The Bertz CT molecular complexity index is 262. The molecular formula is C11H20N2O3. The van der Waals surface area contributed by atoms with Crippen LogP contribution in [0.1, 0.15) is 13.3 Å². The third kappa shape index (κ3) is 2.36. The second-order valence-electron chi connectivity index (χ2n) is 4.87. The summed E-state index contributed by atoms with van der Waals surface area (Å²) in [7, 11) is 2.12. The van der Waals surface area contributed by atoms with E-state index in [0.29, 0.717) is 25.2 Å². The highest BCUT2D eigenvalue weighted by molar-refractivity contribution is 5.72. The third-order valence-corrected chi connectivity index (χ3v) is 3.75. The molecule has 2 aliphatic heterocycles. The predicted molar refractivity (Wildman–Crippen MR) is 59.4 cm³/mol. The van der Waals surface area contributed by atoms with Crippen molar-refractivity contribution in [3.8, 4) is 0 Å². The lowest BCUT2D eigenvalue weighted by atomic mass is 10.1. The SMILES string of the molecule is CC1CC(N2CCOC(C(=O)O)C2)CN1C. The van der Waals surface area contributed by atoms with Crippen molar-refractivity contribution in [2.24, 2.45) is 0 Å². The topological polar surface area (TPSA) is 53.0 Å². The van der Waals surface area contributed by atoms with Crippen molar-refractivity contribution in [1.82, 2.24) is 9.80 Å². The number of rotatable bonds is 2. The average Bonchev–Trinajstić information content (AvgIpc) is 2.59. The summed E-state index contributed by atoms with van der Waals surface area (Å²) in [6, 6.07) is 1.09. The largest absolute Gasteiger partial charge is 0.479 e. The standard InChI is InChI=1S/C11H20N2O3/c1-8-5-9(6-12(8)2)13-3-4-16-10(7-13)11(14)15/h8-10H,3-7H2,1-2H3,(H,14,15). The summed E-state index contributed by atoms with van der Waals surface area (Å²) < 4.78 is 5.23. The lowest BCUT2D eigenvalue weighted by Crippen LogP contribution is -2.50. The number of ether oxygens (including phenoxy) is 1. The molecule has 0 aromatic heterocycles. The van der Waals surface area contributed by atoms with Crippen LogP contribution in [0.5, 0.6) is 0 Å². The van der Waals surface area contributed by atoms with Gasteiger partial charge >= 0.3 is 5.97 Å². The van der Waals surface area contributed by atoms with E-state index in [-0.39, 0.29) is 0 Å². The first-order valence-electron chi connectivity index (χ1n) is 5.86. The molecule has 2 aliphatic rings. The Morgan fingerprint density at radius 3 is 2.75 bits per heavy atom. The van der Waals surface area contributed by atoms with E-state index in [4.69, 9.17) is 9.84 Å². The molecule has 5 heteroatoms. The molecule has 1 N–H and O–H groups in total. The molecule has 2 heterocycles. The second kappa shape index (κ2) is 4.69. The van der Waals surface area contributed by atoms with Crippen molar-refractivity contribution in [2.75, 3.05) is 33.3 Å². The average molecular weight is 228 g/mol. The lowest BCUT2D eigenvalue weighted by molar-refractivity contribution is -0.157. The van der Waals surface area contributed by atoms with Gasteiger partial charge in [-0.1, -0.05) is 0 Å². The van der Waals surface area contributed by atoms with Crippen LogP contribution in [0.2, 0.25) is 0 Å². The Kier molecular flexibility index (Phi) is 3.47. The fourth-order valence-electron chi connectivity index (χ4n) is 2.58. The minimum Gasteiger partial charge on any atom is -0.479 e. The van der Waals surface area contributed by atoms with Gasteiger partial charge in [0, 0.05) is 31.7 Å². The van der Waals surface area contributed by atoms with Crippen LogP contribution in [0.25, 0.3) is 0 Å². The molecule has 0 saturated carbocycles. The van der Waals surface area contributed by atoms with Crippen LogP contribution >= 0.6 is 0 Å². The Balaban J connectivity index is 1.92. The van der Waals surface area contributed by atoms with Crippen molar-refractivity contribution in [3.05, 3.63) is 0 Å². The summed E-state index contributed by atoms with van der Waals surface area (Å²) >= 11 is 0. The summed E-state index contributed by atoms with van der Waals surface area (Å²) in [6.45, 7) is 5.17. The number of hydrogen-bond donors (Lipinski definition) is 1. The van der Waals surface area contributed by atoms with Gasteiger partial charge < -0.3 is 14.7 Å². The summed E-state index contributed by atoms with van der Waals surface area (Å²) in [4.78, 5) is 15.5. The van der Waals surface area contributed by atoms with Gasteiger partial charge in [-0.3, -0.25) is 4.90 Å². The summed E-state index contributed by atoms with van der Waals surface area (Å²) in [5.41, 5.74) is 0. The van der Waals surface area contributed by atoms with E-state index in [9.17, 15) is 4.79 Å². The van der Waals surface area contributed by atoms with Gasteiger partial charge in [0.25, 0.3) is 0 Å². The second-order valence-corrected chi connectivity index (χ2v) is 4.87. The molecule has 3 atom stereocenters. The van der Waals surface area contributed by atoms with Gasteiger partial charge in [-0.15, -0.1) is 0 Å². The first kappa shape index (κ1) is 11.8. The molecule has 0 spiro atoms. The van der Waals surface area contributed by atoms with Crippen molar-refractivity contribution >= 4 is 5.97 Å². The number of hydrogen-bond acceptors (Lipinski definition) is 4. The van der Waals surface area contributed by atoms with E-state index in [1.807, 2.05) is 0 Å². The number of carboxylic acids is 1. The van der Waals surface area contributed by atoms with E-state index < -0.39 is 12.1 Å². The fourth-order valence-corrected chi connectivity index (χ4v) is 2.58. The van der Waals surface area contributed by atoms with Gasteiger partial charge in [-0.25, -0.2) is 4.79 Å². The quantitative estimate of drug-likeness (QED) is 0.713. The highest BCUT2D eigenvalue weighted by Crippen LogP contribution is 2.22. The maximum atomic E-state index is 10.9. The number of morpholine rings is 1. The molecule has 2 rings (SSSR count). The van der Waals surface area contributed by atoms with Crippen LogP contribution in [-0.4, -0.2) is 72.4 Å². The molecule has 2 saturated heterocycles. The van der Waals surface area contributed by atoms with Crippen molar-refractivity contribution < 1.29 is 14.6 Å². The molecule has 0 amide bonds. The van der Waals surface area contributed by atoms with E-state index in [2.05, 4.69) is 23.8 Å². The predicted octanol–water partition coefficient (Wildman–Crippen LogP) is -0.136. The fraction of sp³-hybridized carbons (Fsp3) is 0.909. The minimum absolute atomic E-state index is 0.491. The number of likely N-dealkylation sites (tertiary alicyclic amines) is 1. The Morgan fingerprint density at radius 2 is 2.19 bits per heavy atom. The van der Waals surface area contributed by atoms with Crippen LogP contribution in [-0.2, 0) is 9.53 Å². The van der Waals surface area contributed by atoms with Crippen LogP contribution < -0.4 is 0 Å². The Morgan fingerprint density at radius 1 is 1.44 bits per heavy atom. The van der Waals surface area contributed by atoms with Crippen LogP contribution in [0.3, 0.4) is 0 Å². The smallest absolute Gasteiger partial charge is 0.334 e. The van der Waals surface area contributed by atoms with E-state index in [1.165, 1.54) is 0 Å². The maximum absolute atomic E-state index is 10.9. The molecular weight excluding hydrogens is 208 g/mol. The van der Waals surface area contributed by atoms with Gasteiger partial charge in [0.15, 0.2) is 6.10 Å². The molecule has 0 aromatic rings. The first-order valence-corrected chi connectivity index (χ1v) is 5.86. The molecule has 0 radical (unpaired) electrons. The van der Waals surface area contributed by atoms with Gasteiger partial charge in [0.05, 0.1) is 6.61 Å². The zero-order valence-electron chi connectivity index (χ0n) is 9.93. The molecule has 3 unspecified atom stereocenters. The number of likely N-dealkylation sites (N-methyl/N-ethyl adjacent to an activating group) is 1. The molecule has 92 valence electrons. The summed E-state index contributed by atoms with van der Waals surface area (Å²) in [5.74, 6) is -0.843. The summed E-state index contributed by atoms with van der Waals surface area (Å²) in [6.07, 6.45) is 0.484. The summed E-state index contributed by atoms with van der Waals surface area (Å²) in [5, 5.41) is 8.94. The van der Waals surface area contributed by atoms with Crippen molar-refractivity contribution in [2.45, 2.75) is 31.5 Å². The first-order chi connectivity index (χ1) is 7.58. The van der Waals surface area contributed by atoms with E-state index >= 15 is 0 Å². The number of carbonyl (C=O) groups is 1. The van der Waals surface area contributed by atoms with Crippen LogP contribution in [0, 0.1) is 0 Å². The van der Waals surface area contributed by atoms with Crippen LogP contribution in [0.15, 0.2) is 0 Å². The van der Waals surface area contributed by atoms with Crippen LogP contribution in [0.4, 0.5) is 0 Å². The normalized spacial score (nSPS) is 37.8. The molecule has 0 bridgehead atoms. The minimum atomic E-state index is -0.843. The molecule has 5 nitrogen and oxygen atoms in total. The van der Waals surface area contributed by atoms with Gasteiger partial charge in [0.2, 0.25) is 0 Å². The highest BCUT2D eigenvalue weighted by atomic mass is 16.5. The van der Waals surface area contributed by atoms with E-state index in [1.54, 1.807) is 0 Å². The zero-order chi connectivity index (χ0) is 11.7. The Hall–Kier alpha value is -0.650. The van der Waals surface area contributed by atoms with Gasteiger partial charge in [0.1, 0.15) is 0 Å². The number of carboxylic acid groups (broad SMARTS) is 1. The maximum Gasteiger partial charge on any atom is 0.334 e. The number of nitrogens with zero attached hydrogens (tertiary/aromatic N) is 2. The van der Waals surface area contributed by atoms with Gasteiger partial charge in [-0.2, -0.15) is 0 Å². The number of aliphatic carboxylic acids is 1. The molecule has 2 fully saturated rings. The molecule has 0 aromatic carbocycles. The van der Waals surface area contributed by atoms with Crippen molar-refractivity contribution in [1.29, 1.82) is 0 Å². The van der Waals surface area contributed by atoms with Gasteiger partial charge in [-0.05, 0) is 20.4 Å². The van der Waals surface area contributed by atoms with E-state index in [0.717, 1.165) is 19.5 Å². The zero-order valence-corrected chi connectivity index (χ0v) is 9.93. The Labute approximate surface area is 96.0 Å². The molecule has 16 heavy (non-hydrogen) atoms. The molecule has 0 aliphatic carbocycles. The highest BCUT2D eigenvalue weighted by Gasteiger charge is 2.35.